The fourth-order valence-corrected chi connectivity index (χ4v) is 2.31. The lowest BCUT2D eigenvalue weighted by Crippen LogP contribution is -2.22. The van der Waals surface area contributed by atoms with Gasteiger partial charge in [0.05, 0.1) is 17.2 Å². The predicted molar refractivity (Wildman–Crippen MR) is 90.8 cm³/mol. The van der Waals surface area contributed by atoms with Crippen LogP contribution in [0.4, 0.5) is 0 Å². The van der Waals surface area contributed by atoms with Crippen LogP contribution >= 0.6 is 0 Å². The summed E-state index contributed by atoms with van der Waals surface area (Å²) in [5.74, 6) is -1.72. The van der Waals surface area contributed by atoms with E-state index in [4.69, 9.17) is 5.11 Å². The van der Waals surface area contributed by atoms with E-state index in [0.29, 0.717) is 16.3 Å². The molecule has 0 atom stereocenters. The molecule has 3 rings (SSSR count). The Morgan fingerprint density at radius 3 is 2.52 bits per heavy atom. The summed E-state index contributed by atoms with van der Waals surface area (Å²) in [5, 5.41) is 19.6. The third-order valence-electron chi connectivity index (χ3n) is 3.47. The van der Waals surface area contributed by atoms with Crippen molar-refractivity contribution in [3.05, 3.63) is 75.7 Å². The minimum atomic E-state index is -1.10. The van der Waals surface area contributed by atoms with Crippen LogP contribution in [0.1, 0.15) is 26.4 Å². The molecule has 0 unspecified atom stereocenters. The summed E-state index contributed by atoms with van der Waals surface area (Å²) in [5.41, 5.74) is 2.30. The lowest BCUT2D eigenvalue weighted by Gasteiger charge is -2.03. The molecular formula is C17H12N4O4. The first-order chi connectivity index (χ1) is 12.1. The van der Waals surface area contributed by atoms with Gasteiger partial charge in [0.2, 0.25) is 0 Å². The fraction of sp³-hybridized carbons (Fsp3) is 0. The number of carboxylic acid groups (broad SMARTS) is 1. The van der Waals surface area contributed by atoms with Gasteiger partial charge in [0.15, 0.2) is 5.69 Å². The fourth-order valence-electron chi connectivity index (χ4n) is 2.31. The minimum Gasteiger partial charge on any atom is -0.478 e. The van der Waals surface area contributed by atoms with Crippen LogP contribution in [0.3, 0.4) is 0 Å². The standard InChI is InChI=1S/C17H12N4O4/c22-15-13-8-4-3-7-12(13)14(19-21-15)16(23)20-18-9-10-5-1-2-6-11(10)17(24)25/h1-9H,(H,20,23)(H,21,22)(H,24,25)/b18-9+. The molecule has 0 aliphatic heterocycles. The third-order valence-corrected chi connectivity index (χ3v) is 3.47. The van der Waals surface area contributed by atoms with Crippen LogP contribution in [0.5, 0.6) is 0 Å². The van der Waals surface area contributed by atoms with Crippen LogP contribution < -0.4 is 11.0 Å². The molecule has 1 heterocycles. The second kappa shape index (κ2) is 6.75. The van der Waals surface area contributed by atoms with E-state index in [1.807, 2.05) is 0 Å². The molecule has 0 fully saturated rings. The number of aromatic nitrogens is 2. The number of nitrogens with one attached hydrogen (secondary N) is 2. The van der Waals surface area contributed by atoms with E-state index in [1.54, 1.807) is 42.5 Å². The summed E-state index contributed by atoms with van der Waals surface area (Å²) in [6.07, 6.45) is 1.23. The number of benzene rings is 2. The number of hydrogen-bond donors (Lipinski definition) is 3. The number of H-pyrrole nitrogens is 1. The molecule has 0 radical (unpaired) electrons. The molecule has 0 saturated heterocycles. The van der Waals surface area contributed by atoms with Gasteiger partial charge >= 0.3 is 5.97 Å². The normalized spacial score (nSPS) is 10.9. The number of hydrogen-bond acceptors (Lipinski definition) is 5. The smallest absolute Gasteiger partial charge is 0.336 e. The van der Waals surface area contributed by atoms with E-state index in [9.17, 15) is 14.4 Å². The van der Waals surface area contributed by atoms with Crippen molar-refractivity contribution in [1.82, 2.24) is 15.6 Å². The second-order valence-corrected chi connectivity index (χ2v) is 5.04. The molecule has 25 heavy (non-hydrogen) atoms. The molecule has 0 aliphatic carbocycles. The van der Waals surface area contributed by atoms with Crippen molar-refractivity contribution in [3.8, 4) is 0 Å². The molecule has 8 nitrogen and oxygen atoms in total. The average molecular weight is 336 g/mol. The number of carboxylic acids is 1. The van der Waals surface area contributed by atoms with Crippen LogP contribution in [-0.4, -0.2) is 33.4 Å². The van der Waals surface area contributed by atoms with Crippen LogP contribution in [0.2, 0.25) is 0 Å². The maximum atomic E-state index is 12.3. The van der Waals surface area contributed by atoms with Gasteiger partial charge in [0, 0.05) is 10.9 Å². The van der Waals surface area contributed by atoms with Crippen molar-refractivity contribution in [2.45, 2.75) is 0 Å². The predicted octanol–water partition coefficient (Wildman–Crippen LogP) is 1.39. The Morgan fingerprint density at radius 1 is 1.08 bits per heavy atom. The number of hydrazone groups is 1. The topological polar surface area (TPSA) is 125 Å². The Kier molecular flexibility index (Phi) is 4.34. The minimum absolute atomic E-state index is 0.0128. The summed E-state index contributed by atoms with van der Waals surface area (Å²) < 4.78 is 0. The third kappa shape index (κ3) is 3.27. The van der Waals surface area contributed by atoms with E-state index in [2.05, 4.69) is 20.7 Å². The van der Waals surface area contributed by atoms with E-state index in [-0.39, 0.29) is 11.3 Å². The maximum absolute atomic E-state index is 12.3. The molecule has 2 aromatic carbocycles. The highest BCUT2D eigenvalue weighted by molar-refractivity contribution is 6.05. The first kappa shape index (κ1) is 16.1. The first-order valence-corrected chi connectivity index (χ1v) is 7.21. The number of amides is 1. The van der Waals surface area contributed by atoms with E-state index < -0.39 is 17.4 Å². The maximum Gasteiger partial charge on any atom is 0.336 e. The largest absolute Gasteiger partial charge is 0.478 e. The SMILES string of the molecule is O=C(O)c1ccccc1/C=N/NC(=O)c1n[nH]c(=O)c2ccccc12. The molecule has 8 heteroatoms. The van der Waals surface area contributed by atoms with Gasteiger partial charge < -0.3 is 5.11 Å². The zero-order valence-electron chi connectivity index (χ0n) is 12.8. The van der Waals surface area contributed by atoms with Gasteiger partial charge in [-0.3, -0.25) is 9.59 Å². The highest BCUT2D eigenvalue weighted by Crippen LogP contribution is 2.12. The van der Waals surface area contributed by atoms with Gasteiger partial charge in [-0.25, -0.2) is 15.3 Å². The van der Waals surface area contributed by atoms with Crippen molar-refractivity contribution in [3.63, 3.8) is 0 Å². The number of aromatic amines is 1. The van der Waals surface area contributed by atoms with Crippen molar-refractivity contribution < 1.29 is 14.7 Å². The Balaban J connectivity index is 1.86. The van der Waals surface area contributed by atoms with Crippen molar-refractivity contribution >= 4 is 28.9 Å². The van der Waals surface area contributed by atoms with Crippen LogP contribution in [0.25, 0.3) is 10.8 Å². The summed E-state index contributed by atoms with van der Waals surface area (Å²) in [7, 11) is 0. The van der Waals surface area contributed by atoms with Gasteiger partial charge in [-0.2, -0.15) is 10.2 Å². The van der Waals surface area contributed by atoms with Crippen LogP contribution in [0.15, 0.2) is 58.4 Å². The molecule has 3 aromatic rings. The lowest BCUT2D eigenvalue weighted by atomic mass is 10.1. The quantitative estimate of drug-likeness (QED) is 0.490. The Morgan fingerprint density at radius 2 is 1.76 bits per heavy atom. The molecular weight excluding hydrogens is 324 g/mol. The molecule has 3 N–H and O–H groups in total. The molecule has 124 valence electrons. The number of nitrogens with zero attached hydrogens (tertiary/aromatic N) is 2. The van der Waals surface area contributed by atoms with E-state index >= 15 is 0 Å². The Bertz CT molecular complexity index is 1060. The van der Waals surface area contributed by atoms with Gasteiger partial charge in [0.1, 0.15) is 0 Å². The number of rotatable bonds is 4. The van der Waals surface area contributed by atoms with Gasteiger partial charge in [-0.15, -0.1) is 0 Å². The number of fused-ring (bicyclic) bond motifs is 1. The second-order valence-electron chi connectivity index (χ2n) is 5.04. The van der Waals surface area contributed by atoms with Crippen LogP contribution in [0, 0.1) is 0 Å². The lowest BCUT2D eigenvalue weighted by molar-refractivity contribution is 0.0696. The zero-order valence-corrected chi connectivity index (χ0v) is 12.8. The van der Waals surface area contributed by atoms with Gasteiger partial charge in [0.25, 0.3) is 11.5 Å². The number of carbonyl (C=O) groups is 2. The van der Waals surface area contributed by atoms with Crippen molar-refractivity contribution in [1.29, 1.82) is 0 Å². The Labute approximate surface area is 140 Å². The summed E-state index contributed by atoms with van der Waals surface area (Å²) in [6.45, 7) is 0. The molecule has 1 amide bonds. The van der Waals surface area contributed by atoms with Gasteiger partial charge in [-0.1, -0.05) is 36.4 Å². The van der Waals surface area contributed by atoms with Crippen LogP contribution in [-0.2, 0) is 0 Å². The van der Waals surface area contributed by atoms with Crippen molar-refractivity contribution in [2.75, 3.05) is 0 Å². The van der Waals surface area contributed by atoms with Gasteiger partial charge in [-0.05, 0) is 12.1 Å². The highest BCUT2D eigenvalue weighted by atomic mass is 16.4. The molecule has 0 spiro atoms. The van der Waals surface area contributed by atoms with E-state index in [0.717, 1.165) is 0 Å². The summed E-state index contributed by atoms with van der Waals surface area (Å²) in [4.78, 5) is 35.1. The zero-order chi connectivity index (χ0) is 17.8. The molecule has 1 aromatic heterocycles. The monoisotopic (exact) mass is 336 g/mol. The van der Waals surface area contributed by atoms with Crippen molar-refractivity contribution in [2.24, 2.45) is 5.10 Å². The van der Waals surface area contributed by atoms with E-state index in [1.165, 1.54) is 12.3 Å². The molecule has 0 bridgehead atoms. The average Bonchev–Trinajstić information content (AvgIpc) is 2.62. The molecule has 0 aliphatic rings. The Hall–Kier alpha value is -3.81. The molecule has 0 saturated carbocycles. The summed E-state index contributed by atoms with van der Waals surface area (Å²) >= 11 is 0. The first-order valence-electron chi connectivity index (χ1n) is 7.21. The summed E-state index contributed by atoms with van der Waals surface area (Å²) in [6, 6.07) is 12.8. The number of aromatic carboxylic acids is 1. The highest BCUT2D eigenvalue weighted by Gasteiger charge is 2.13. The number of carbonyl (C=O) groups excluding carboxylic acids is 1.